The normalized spacial score (nSPS) is 10.8. The minimum atomic E-state index is 0.0108. The van der Waals surface area contributed by atoms with Gasteiger partial charge in [0.1, 0.15) is 0 Å². The second kappa shape index (κ2) is 3.55. The highest BCUT2D eigenvalue weighted by Crippen LogP contribution is 2.22. The van der Waals surface area contributed by atoms with E-state index in [1.165, 1.54) is 0 Å². The van der Waals surface area contributed by atoms with E-state index in [2.05, 4.69) is 27.6 Å². The summed E-state index contributed by atoms with van der Waals surface area (Å²) < 4.78 is 0.967. The molecule has 0 aliphatic carbocycles. The number of fused-ring (bicyclic) bond motifs is 1. The SMILES string of the molecule is Cc1cc(=O)c2cc(I)cc(Cl)c2[nH]1. The maximum Gasteiger partial charge on any atom is 0.189 e. The van der Waals surface area contributed by atoms with Crippen molar-refractivity contribution in [3.63, 3.8) is 0 Å². The molecule has 0 bridgehead atoms. The van der Waals surface area contributed by atoms with E-state index in [-0.39, 0.29) is 5.43 Å². The maximum absolute atomic E-state index is 11.6. The van der Waals surface area contributed by atoms with E-state index in [1.54, 1.807) is 6.07 Å². The van der Waals surface area contributed by atoms with Crippen molar-refractivity contribution in [3.05, 3.63) is 42.7 Å². The highest BCUT2D eigenvalue weighted by atomic mass is 127. The van der Waals surface area contributed by atoms with Gasteiger partial charge in [-0.1, -0.05) is 11.6 Å². The smallest absolute Gasteiger partial charge is 0.189 e. The number of aromatic nitrogens is 1. The lowest BCUT2D eigenvalue weighted by atomic mass is 10.2. The number of hydrogen-bond donors (Lipinski definition) is 1. The van der Waals surface area contributed by atoms with Crippen LogP contribution in [0.25, 0.3) is 10.9 Å². The molecule has 1 aromatic heterocycles. The number of rotatable bonds is 0. The first-order valence-electron chi connectivity index (χ1n) is 4.06. The van der Waals surface area contributed by atoms with Gasteiger partial charge in [0.15, 0.2) is 5.43 Å². The van der Waals surface area contributed by atoms with Gasteiger partial charge in [-0.05, 0) is 41.6 Å². The van der Waals surface area contributed by atoms with E-state index >= 15 is 0 Å². The van der Waals surface area contributed by atoms with Crippen LogP contribution in [0.1, 0.15) is 5.69 Å². The third kappa shape index (κ3) is 1.66. The molecule has 0 fully saturated rings. The van der Waals surface area contributed by atoms with E-state index in [1.807, 2.05) is 19.1 Å². The van der Waals surface area contributed by atoms with Gasteiger partial charge in [0.2, 0.25) is 0 Å². The van der Waals surface area contributed by atoms with Crippen molar-refractivity contribution in [1.82, 2.24) is 4.98 Å². The summed E-state index contributed by atoms with van der Waals surface area (Å²) in [5.74, 6) is 0. The summed E-state index contributed by atoms with van der Waals surface area (Å²) >= 11 is 8.17. The van der Waals surface area contributed by atoms with Crippen LogP contribution in [0.15, 0.2) is 23.0 Å². The molecule has 2 nitrogen and oxygen atoms in total. The zero-order valence-corrected chi connectivity index (χ0v) is 10.3. The maximum atomic E-state index is 11.6. The first-order chi connectivity index (χ1) is 6.58. The largest absolute Gasteiger partial charge is 0.357 e. The average Bonchev–Trinajstić information content (AvgIpc) is 2.07. The third-order valence-electron chi connectivity index (χ3n) is 1.99. The van der Waals surface area contributed by atoms with E-state index in [9.17, 15) is 4.79 Å². The molecule has 2 rings (SSSR count). The van der Waals surface area contributed by atoms with Gasteiger partial charge in [-0.15, -0.1) is 0 Å². The topological polar surface area (TPSA) is 32.9 Å². The Bertz CT molecular complexity index is 562. The van der Waals surface area contributed by atoms with Gasteiger partial charge in [0.25, 0.3) is 0 Å². The first kappa shape index (κ1) is 9.98. The molecular formula is C10H7ClINO. The Morgan fingerprint density at radius 2 is 2.07 bits per heavy atom. The molecule has 0 saturated carbocycles. The first-order valence-corrected chi connectivity index (χ1v) is 5.52. The Hall–Kier alpha value is -0.550. The number of benzene rings is 1. The molecule has 14 heavy (non-hydrogen) atoms. The van der Waals surface area contributed by atoms with Crippen LogP contribution in [0.5, 0.6) is 0 Å². The Balaban J connectivity index is 3.02. The van der Waals surface area contributed by atoms with Gasteiger partial charge in [-0.3, -0.25) is 4.79 Å². The van der Waals surface area contributed by atoms with Crippen LogP contribution < -0.4 is 5.43 Å². The lowest BCUT2D eigenvalue weighted by molar-refractivity contribution is 1.24. The van der Waals surface area contributed by atoms with Crippen molar-refractivity contribution < 1.29 is 0 Å². The second-order valence-electron chi connectivity index (χ2n) is 3.13. The van der Waals surface area contributed by atoms with Crippen LogP contribution in [-0.2, 0) is 0 Å². The van der Waals surface area contributed by atoms with Crippen LogP contribution in [0.4, 0.5) is 0 Å². The molecular weight excluding hydrogens is 312 g/mol. The molecule has 2 aromatic rings. The fourth-order valence-corrected chi connectivity index (χ4v) is 2.48. The number of halogens is 2. The molecule has 1 N–H and O–H groups in total. The molecule has 1 heterocycles. The lowest BCUT2D eigenvalue weighted by Gasteiger charge is -2.02. The molecule has 0 saturated heterocycles. The van der Waals surface area contributed by atoms with Crippen LogP contribution in [0.2, 0.25) is 5.02 Å². The lowest BCUT2D eigenvalue weighted by Crippen LogP contribution is -2.03. The van der Waals surface area contributed by atoms with Crippen LogP contribution in [0, 0.1) is 10.5 Å². The van der Waals surface area contributed by atoms with Crippen LogP contribution in [0.3, 0.4) is 0 Å². The summed E-state index contributed by atoms with van der Waals surface area (Å²) in [6.45, 7) is 1.84. The standard InChI is InChI=1S/C10H7ClINO/c1-5-2-9(14)7-3-6(12)4-8(11)10(7)13-5/h2-4H,1H3,(H,13,14). The van der Waals surface area contributed by atoms with Gasteiger partial charge in [-0.2, -0.15) is 0 Å². The number of pyridine rings is 1. The predicted molar refractivity (Wildman–Crippen MR) is 67.0 cm³/mol. The van der Waals surface area contributed by atoms with Crippen molar-refractivity contribution in [3.8, 4) is 0 Å². The molecule has 0 atom stereocenters. The van der Waals surface area contributed by atoms with E-state index in [0.29, 0.717) is 10.4 Å². The summed E-state index contributed by atoms with van der Waals surface area (Å²) in [5.41, 5.74) is 1.55. The van der Waals surface area contributed by atoms with Gasteiger partial charge in [-0.25, -0.2) is 0 Å². The number of H-pyrrole nitrogens is 1. The highest BCUT2D eigenvalue weighted by Gasteiger charge is 2.05. The number of nitrogens with one attached hydrogen (secondary N) is 1. The summed E-state index contributed by atoms with van der Waals surface area (Å²) in [4.78, 5) is 14.7. The van der Waals surface area contributed by atoms with Gasteiger partial charge in [0, 0.05) is 20.7 Å². The molecule has 1 aromatic carbocycles. The fourth-order valence-electron chi connectivity index (χ4n) is 1.40. The molecule has 0 spiro atoms. The number of aryl methyl sites for hydroxylation is 1. The molecule has 0 radical (unpaired) electrons. The van der Waals surface area contributed by atoms with Crippen molar-refractivity contribution in [1.29, 1.82) is 0 Å². The van der Waals surface area contributed by atoms with Crippen LogP contribution in [-0.4, -0.2) is 4.98 Å². The monoisotopic (exact) mass is 319 g/mol. The summed E-state index contributed by atoms with van der Waals surface area (Å²) in [5, 5.41) is 1.24. The minimum Gasteiger partial charge on any atom is -0.357 e. The zero-order chi connectivity index (χ0) is 10.3. The summed E-state index contributed by atoms with van der Waals surface area (Å²) in [7, 11) is 0. The van der Waals surface area contributed by atoms with Crippen molar-refractivity contribution in [2.45, 2.75) is 6.92 Å². The Morgan fingerprint density at radius 1 is 1.36 bits per heavy atom. The fraction of sp³-hybridized carbons (Fsp3) is 0.100. The van der Waals surface area contributed by atoms with Gasteiger partial charge >= 0.3 is 0 Å². The van der Waals surface area contributed by atoms with E-state index in [0.717, 1.165) is 14.8 Å². The van der Waals surface area contributed by atoms with Crippen molar-refractivity contribution >= 4 is 45.1 Å². The zero-order valence-electron chi connectivity index (χ0n) is 7.40. The van der Waals surface area contributed by atoms with Gasteiger partial charge < -0.3 is 4.98 Å². The van der Waals surface area contributed by atoms with E-state index in [4.69, 9.17) is 11.6 Å². The molecule has 4 heteroatoms. The van der Waals surface area contributed by atoms with Gasteiger partial charge in [0.05, 0.1) is 10.5 Å². The molecule has 0 unspecified atom stereocenters. The van der Waals surface area contributed by atoms with Crippen LogP contribution >= 0.6 is 34.2 Å². The molecule has 0 amide bonds. The Morgan fingerprint density at radius 3 is 2.79 bits per heavy atom. The second-order valence-corrected chi connectivity index (χ2v) is 4.78. The predicted octanol–water partition coefficient (Wildman–Crippen LogP) is 3.09. The quantitative estimate of drug-likeness (QED) is 0.744. The van der Waals surface area contributed by atoms with E-state index < -0.39 is 0 Å². The minimum absolute atomic E-state index is 0.0108. The highest BCUT2D eigenvalue weighted by molar-refractivity contribution is 14.1. The molecule has 72 valence electrons. The van der Waals surface area contributed by atoms with Crippen molar-refractivity contribution in [2.75, 3.05) is 0 Å². The average molecular weight is 320 g/mol. The third-order valence-corrected chi connectivity index (χ3v) is 2.91. The summed E-state index contributed by atoms with van der Waals surface area (Å²) in [6, 6.07) is 5.24. The molecule has 0 aliphatic heterocycles. The number of aromatic amines is 1. The summed E-state index contributed by atoms with van der Waals surface area (Å²) in [6.07, 6.45) is 0. The number of hydrogen-bond acceptors (Lipinski definition) is 1. The Labute approximate surface area is 99.4 Å². The van der Waals surface area contributed by atoms with Crippen molar-refractivity contribution in [2.24, 2.45) is 0 Å². The molecule has 0 aliphatic rings. The Kier molecular flexibility index (Phi) is 2.53.